The molecule has 0 aromatic rings. The van der Waals surface area contributed by atoms with Gasteiger partial charge in [0.05, 0.1) is 6.26 Å². The summed E-state index contributed by atoms with van der Waals surface area (Å²) < 4.78 is 24.4. The van der Waals surface area contributed by atoms with Crippen LogP contribution < -0.4 is 0 Å². The summed E-state index contributed by atoms with van der Waals surface area (Å²) in [5.74, 6) is 0.514. The van der Waals surface area contributed by atoms with Crippen molar-refractivity contribution in [2.45, 2.75) is 46.5 Å². The number of rotatable bonds is 8. The standard InChI is InChI=1S/C11H25NO2S/c1-5-8-9-11(6-2)10-12(7-3)15(4,13)14/h11H,5-10H2,1-4H3. The molecule has 0 aromatic carbocycles. The zero-order chi connectivity index (χ0) is 11.9. The summed E-state index contributed by atoms with van der Waals surface area (Å²) in [6, 6.07) is 0. The van der Waals surface area contributed by atoms with Crippen molar-refractivity contribution in [3.8, 4) is 0 Å². The maximum Gasteiger partial charge on any atom is 0.211 e. The molecule has 0 heterocycles. The normalized spacial score (nSPS) is 14.5. The first-order chi connectivity index (χ1) is 6.95. The Kier molecular flexibility index (Phi) is 7.18. The molecule has 1 atom stereocenters. The molecule has 0 saturated heterocycles. The van der Waals surface area contributed by atoms with Gasteiger partial charge in [-0.15, -0.1) is 0 Å². The van der Waals surface area contributed by atoms with E-state index in [4.69, 9.17) is 0 Å². The van der Waals surface area contributed by atoms with Crippen molar-refractivity contribution < 1.29 is 8.42 Å². The molecule has 0 N–H and O–H groups in total. The molecule has 0 aliphatic rings. The van der Waals surface area contributed by atoms with E-state index in [1.54, 1.807) is 4.31 Å². The van der Waals surface area contributed by atoms with Gasteiger partial charge in [-0.1, -0.05) is 40.0 Å². The highest BCUT2D eigenvalue weighted by Crippen LogP contribution is 2.15. The SMILES string of the molecule is CCCCC(CC)CN(CC)S(C)(=O)=O. The molecule has 0 amide bonds. The zero-order valence-corrected chi connectivity index (χ0v) is 11.3. The Morgan fingerprint density at radius 1 is 1.20 bits per heavy atom. The Labute approximate surface area is 94.9 Å². The van der Waals surface area contributed by atoms with Crippen LogP contribution in [0.3, 0.4) is 0 Å². The first kappa shape index (κ1) is 14.9. The molecule has 0 aromatic heterocycles. The number of nitrogens with zero attached hydrogens (tertiary/aromatic N) is 1. The maximum absolute atomic E-state index is 11.4. The first-order valence-corrected chi connectivity index (χ1v) is 7.75. The van der Waals surface area contributed by atoms with Crippen LogP contribution >= 0.6 is 0 Å². The van der Waals surface area contributed by atoms with Gasteiger partial charge in [0, 0.05) is 13.1 Å². The predicted octanol–water partition coefficient (Wildman–Crippen LogP) is 2.48. The van der Waals surface area contributed by atoms with Crippen molar-refractivity contribution in [3.63, 3.8) is 0 Å². The molecule has 0 radical (unpaired) electrons. The summed E-state index contributed by atoms with van der Waals surface area (Å²) in [4.78, 5) is 0. The molecule has 0 aliphatic carbocycles. The van der Waals surface area contributed by atoms with E-state index in [2.05, 4.69) is 13.8 Å². The summed E-state index contributed by atoms with van der Waals surface area (Å²) in [5, 5.41) is 0. The van der Waals surface area contributed by atoms with Crippen LogP contribution in [0.1, 0.15) is 46.5 Å². The van der Waals surface area contributed by atoms with Gasteiger partial charge in [-0.05, 0) is 12.3 Å². The molecule has 0 rings (SSSR count). The van der Waals surface area contributed by atoms with Crippen molar-refractivity contribution in [3.05, 3.63) is 0 Å². The van der Waals surface area contributed by atoms with Gasteiger partial charge in [-0.25, -0.2) is 12.7 Å². The van der Waals surface area contributed by atoms with E-state index in [9.17, 15) is 8.42 Å². The summed E-state index contributed by atoms with van der Waals surface area (Å²) in [5.41, 5.74) is 0. The van der Waals surface area contributed by atoms with E-state index in [1.807, 2.05) is 6.92 Å². The van der Waals surface area contributed by atoms with Gasteiger partial charge in [-0.3, -0.25) is 0 Å². The van der Waals surface area contributed by atoms with Gasteiger partial charge >= 0.3 is 0 Å². The molecule has 3 nitrogen and oxygen atoms in total. The zero-order valence-electron chi connectivity index (χ0n) is 10.5. The van der Waals surface area contributed by atoms with Crippen molar-refractivity contribution in [1.29, 1.82) is 0 Å². The van der Waals surface area contributed by atoms with E-state index in [0.29, 0.717) is 19.0 Å². The third-order valence-corrected chi connectivity index (χ3v) is 4.17. The molecule has 4 heteroatoms. The first-order valence-electron chi connectivity index (χ1n) is 5.90. The lowest BCUT2D eigenvalue weighted by atomic mass is 9.99. The van der Waals surface area contributed by atoms with Crippen molar-refractivity contribution in [2.75, 3.05) is 19.3 Å². The van der Waals surface area contributed by atoms with E-state index in [0.717, 1.165) is 12.8 Å². The summed E-state index contributed by atoms with van der Waals surface area (Å²) in [6.07, 6.45) is 5.87. The summed E-state index contributed by atoms with van der Waals surface area (Å²) in [6.45, 7) is 7.47. The molecular weight excluding hydrogens is 210 g/mol. The second-order valence-electron chi connectivity index (χ2n) is 4.13. The molecule has 92 valence electrons. The Morgan fingerprint density at radius 2 is 1.80 bits per heavy atom. The molecule has 0 fully saturated rings. The Bertz CT molecular complexity index is 249. The van der Waals surface area contributed by atoms with Crippen LogP contribution in [-0.2, 0) is 10.0 Å². The fraction of sp³-hybridized carbons (Fsp3) is 1.00. The van der Waals surface area contributed by atoms with E-state index >= 15 is 0 Å². The van der Waals surface area contributed by atoms with Gasteiger partial charge in [0.1, 0.15) is 0 Å². The minimum absolute atomic E-state index is 0.514. The van der Waals surface area contributed by atoms with Crippen molar-refractivity contribution >= 4 is 10.0 Å². The monoisotopic (exact) mass is 235 g/mol. The van der Waals surface area contributed by atoms with Gasteiger partial charge in [0.15, 0.2) is 0 Å². The summed E-state index contributed by atoms with van der Waals surface area (Å²) in [7, 11) is -3.01. The van der Waals surface area contributed by atoms with Gasteiger partial charge in [0.2, 0.25) is 10.0 Å². The lowest BCUT2D eigenvalue weighted by Crippen LogP contribution is -2.34. The second-order valence-corrected chi connectivity index (χ2v) is 6.11. The quantitative estimate of drug-likeness (QED) is 0.648. The lowest BCUT2D eigenvalue weighted by Gasteiger charge is -2.23. The highest BCUT2D eigenvalue weighted by Gasteiger charge is 2.18. The molecule has 0 bridgehead atoms. The minimum Gasteiger partial charge on any atom is -0.213 e. The highest BCUT2D eigenvalue weighted by molar-refractivity contribution is 7.88. The molecule has 0 aliphatic heterocycles. The van der Waals surface area contributed by atoms with Crippen LogP contribution in [0.5, 0.6) is 0 Å². The Morgan fingerprint density at radius 3 is 2.13 bits per heavy atom. The van der Waals surface area contributed by atoms with E-state index < -0.39 is 10.0 Å². The largest absolute Gasteiger partial charge is 0.213 e. The van der Waals surface area contributed by atoms with Crippen LogP contribution in [0.25, 0.3) is 0 Å². The van der Waals surface area contributed by atoms with Gasteiger partial charge in [0.25, 0.3) is 0 Å². The third kappa shape index (κ3) is 6.15. The van der Waals surface area contributed by atoms with Crippen LogP contribution in [0.4, 0.5) is 0 Å². The topological polar surface area (TPSA) is 37.4 Å². The van der Waals surface area contributed by atoms with Crippen molar-refractivity contribution in [1.82, 2.24) is 4.31 Å². The number of unbranched alkanes of at least 4 members (excludes halogenated alkanes) is 1. The predicted molar refractivity (Wildman–Crippen MR) is 65.4 cm³/mol. The Balaban J connectivity index is 4.25. The minimum atomic E-state index is -3.01. The van der Waals surface area contributed by atoms with Gasteiger partial charge in [-0.2, -0.15) is 0 Å². The van der Waals surface area contributed by atoms with Crippen LogP contribution in [0.15, 0.2) is 0 Å². The molecular formula is C11H25NO2S. The molecule has 1 unspecified atom stereocenters. The molecule has 0 saturated carbocycles. The average molecular weight is 235 g/mol. The Hall–Kier alpha value is -0.0900. The summed E-state index contributed by atoms with van der Waals surface area (Å²) >= 11 is 0. The number of sulfonamides is 1. The maximum atomic E-state index is 11.4. The van der Waals surface area contributed by atoms with Crippen LogP contribution in [0.2, 0.25) is 0 Å². The van der Waals surface area contributed by atoms with Crippen LogP contribution in [0, 0.1) is 5.92 Å². The fourth-order valence-electron chi connectivity index (χ4n) is 1.70. The average Bonchev–Trinajstić information content (AvgIpc) is 2.16. The van der Waals surface area contributed by atoms with E-state index in [-0.39, 0.29) is 0 Å². The number of hydrogen-bond donors (Lipinski definition) is 0. The smallest absolute Gasteiger partial charge is 0.211 e. The van der Waals surface area contributed by atoms with E-state index in [1.165, 1.54) is 19.1 Å². The second kappa shape index (κ2) is 7.23. The molecule has 15 heavy (non-hydrogen) atoms. The third-order valence-electron chi connectivity index (χ3n) is 2.83. The fourth-order valence-corrected chi connectivity index (χ4v) is 2.65. The highest BCUT2D eigenvalue weighted by atomic mass is 32.2. The lowest BCUT2D eigenvalue weighted by molar-refractivity contribution is 0.328. The number of hydrogen-bond acceptors (Lipinski definition) is 2. The van der Waals surface area contributed by atoms with Crippen molar-refractivity contribution in [2.24, 2.45) is 5.92 Å². The molecule has 0 spiro atoms. The van der Waals surface area contributed by atoms with Gasteiger partial charge < -0.3 is 0 Å². The van der Waals surface area contributed by atoms with Crippen LogP contribution in [-0.4, -0.2) is 32.1 Å².